The molecule has 0 fully saturated rings. The monoisotopic (exact) mass is 301 g/mol. The van der Waals surface area contributed by atoms with E-state index in [0.29, 0.717) is 6.42 Å². The predicted molar refractivity (Wildman–Crippen MR) is 71.6 cm³/mol. The Labute approximate surface area is 116 Å². The molecule has 0 aromatic heterocycles. The van der Waals surface area contributed by atoms with E-state index < -0.39 is 22.0 Å². The number of sulfonamides is 1. The molecule has 1 unspecified atom stereocenters. The number of carboxylic acids is 1. The van der Waals surface area contributed by atoms with Gasteiger partial charge in [0.2, 0.25) is 10.0 Å². The lowest BCUT2D eigenvalue weighted by Crippen LogP contribution is -2.33. The van der Waals surface area contributed by atoms with E-state index in [0.717, 1.165) is 6.07 Å². The summed E-state index contributed by atoms with van der Waals surface area (Å²) in [4.78, 5) is 10.5. The van der Waals surface area contributed by atoms with Crippen molar-refractivity contribution in [1.82, 2.24) is 4.72 Å². The molecule has 1 aromatic carbocycles. The lowest BCUT2D eigenvalue weighted by molar-refractivity contribution is 0.0696. The second kappa shape index (κ2) is 6.06. The molecule has 0 spiro atoms. The molecule has 0 aliphatic heterocycles. The minimum absolute atomic E-state index is 0.0654. The van der Waals surface area contributed by atoms with E-state index in [4.69, 9.17) is 23.1 Å². The maximum Gasteiger partial charge on any atom is 0.335 e. The van der Waals surface area contributed by atoms with E-state index in [1.54, 1.807) is 6.92 Å². The largest absolute Gasteiger partial charge is 0.478 e. The maximum atomic E-state index is 12.1. The van der Waals surface area contributed by atoms with Crippen LogP contribution < -0.4 is 4.72 Å². The smallest absolute Gasteiger partial charge is 0.335 e. The minimum atomic E-state index is -3.96. The molecule has 2 N–H and O–H groups in total. The van der Waals surface area contributed by atoms with E-state index in [1.165, 1.54) is 12.1 Å². The zero-order chi connectivity index (χ0) is 14.6. The number of nitrogens with one attached hydrogen (secondary N) is 1. The molecule has 0 bridgehead atoms. The quantitative estimate of drug-likeness (QED) is 0.811. The molecule has 5 nitrogen and oxygen atoms in total. The summed E-state index contributed by atoms with van der Waals surface area (Å²) >= 11 is 5.79. The van der Waals surface area contributed by atoms with E-state index in [2.05, 4.69) is 10.6 Å². The van der Waals surface area contributed by atoms with Crippen molar-refractivity contribution in [2.24, 2.45) is 0 Å². The standard InChI is InChI=1S/C12H12ClNO4S/c1-3-9(4-2)14-19(17,18)11-7-8(12(15)16)5-6-10(11)13/h1,5-7,9,14H,4H2,2H3,(H,15,16). The highest BCUT2D eigenvalue weighted by atomic mass is 35.5. The van der Waals surface area contributed by atoms with Crippen molar-refractivity contribution in [3.8, 4) is 12.3 Å². The Hall–Kier alpha value is -1.55. The number of halogens is 1. The number of terminal acetylenes is 1. The van der Waals surface area contributed by atoms with Crippen molar-refractivity contribution >= 4 is 27.6 Å². The van der Waals surface area contributed by atoms with Gasteiger partial charge >= 0.3 is 5.97 Å². The van der Waals surface area contributed by atoms with Crippen LogP contribution in [0.25, 0.3) is 0 Å². The molecule has 1 aromatic rings. The van der Waals surface area contributed by atoms with Crippen molar-refractivity contribution in [3.05, 3.63) is 28.8 Å². The third-order valence-corrected chi connectivity index (χ3v) is 4.33. The minimum Gasteiger partial charge on any atom is -0.478 e. The van der Waals surface area contributed by atoms with Crippen LogP contribution in [-0.2, 0) is 10.0 Å². The fourth-order valence-corrected chi connectivity index (χ4v) is 3.09. The SMILES string of the molecule is C#CC(CC)NS(=O)(=O)c1cc(C(=O)O)ccc1Cl. The van der Waals surface area contributed by atoms with Gasteiger partial charge in [-0.1, -0.05) is 24.4 Å². The average Bonchev–Trinajstić information content (AvgIpc) is 2.35. The molecular formula is C12H12ClNO4S. The molecule has 7 heteroatoms. The summed E-state index contributed by atoms with van der Waals surface area (Å²) in [5, 5.41) is 8.78. The first kappa shape index (κ1) is 15.5. The molecule has 0 amide bonds. The number of rotatable bonds is 5. The first-order valence-corrected chi connectivity index (χ1v) is 7.19. The Bertz CT molecular complexity index is 634. The van der Waals surface area contributed by atoms with E-state index >= 15 is 0 Å². The van der Waals surface area contributed by atoms with Crippen LogP contribution in [0.3, 0.4) is 0 Å². The molecule has 1 rings (SSSR count). The molecule has 0 heterocycles. The summed E-state index contributed by atoms with van der Waals surface area (Å²) < 4.78 is 26.4. The maximum absolute atomic E-state index is 12.1. The Balaban J connectivity index is 3.25. The summed E-state index contributed by atoms with van der Waals surface area (Å²) in [6, 6.07) is 2.77. The summed E-state index contributed by atoms with van der Waals surface area (Å²) in [6.45, 7) is 1.72. The lowest BCUT2D eigenvalue weighted by Gasteiger charge is -2.12. The highest BCUT2D eigenvalue weighted by Gasteiger charge is 2.22. The van der Waals surface area contributed by atoms with Crippen LogP contribution in [-0.4, -0.2) is 25.5 Å². The van der Waals surface area contributed by atoms with E-state index in [9.17, 15) is 13.2 Å². The number of hydrogen-bond acceptors (Lipinski definition) is 3. The highest BCUT2D eigenvalue weighted by molar-refractivity contribution is 7.89. The Morgan fingerprint density at radius 1 is 1.58 bits per heavy atom. The van der Waals surface area contributed by atoms with Crippen LogP contribution in [0.4, 0.5) is 0 Å². The van der Waals surface area contributed by atoms with Gasteiger partial charge in [0.05, 0.1) is 16.6 Å². The normalized spacial score (nSPS) is 12.7. The van der Waals surface area contributed by atoms with Crippen molar-refractivity contribution in [2.75, 3.05) is 0 Å². The van der Waals surface area contributed by atoms with Crippen molar-refractivity contribution in [3.63, 3.8) is 0 Å². The van der Waals surface area contributed by atoms with Gasteiger partial charge in [-0.05, 0) is 24.6 Å². The summed E-state index contributed by atoms with van der Waals surface area (Å²) in [6.07, 6.45) is 5.59. The Morgan fingerprint density at radius 2 is 2.21 bits per heavy atom. The van der Waals surface area contributed by atoms with Gasteiger partial charge in [0, 0.05) is 0 Å². The summed E-state index contributed by atoms with van der Waals surface area (Å²) in [7, 11) is -3.96. The van der Waals surface area contributed by atoms with Crippen LogP contribution in [0.5, 0.6) is 0 Å². The zero-order valence-electron chi connectivity index (χ0n) is 10.1. The number of carbonyl (C=O) groups is 1. The van der Waals surface area contributed by atoms with Crippen molar-refractivity contribution < 1.29 is 18.3 Å². The van der Waals surface area contributed by atoms with Crippen molar-refractivity contribution in [1.29, 1.82) is 0 Å². The van der Waals surface area contributed by atoms with Crippen molar-refractivity contribution in [2.45, 2.75) is 24.3 Å². The van der Waals surface area contributed by atoms with Gasteiger partial charge in [-0.25, -0.2) is 13.2 Å². The van der Waals surface area contributed by atoms with Crippen LogP contribution in [0.15, 0.2) is 23.1 Å². The van der Waals surface area contributed by atoms with E-state index in [1.807, 2.05) is 0 Å². The van der Waals surface area contributed by atoms with E-state index in [-0.39, 0.29) is 15.5 Å². The number of carboxylic acid groups (broad SMARTS) is 1. The van der Waals surface area contributed by atoms with Gasteiger partial charge in [0.25, 0.3) is 0 Å². The summed E-state index contributed by atoms with van der Waals surface area (Å²) in [5.41, 5.74) is -0.168. The molecule has 102 valence electrons. The molecule has 0 saturated carbocycles. The second-order valence-corrected chi connectivity index (χ2v) is 5.79. The van der Waals surface area contributed by atoms with Gasteiger partial charge in [0.15, 0.2) is 0 Å². The fraction of sp³-hybridized carbons (Fsp3) is 0.250. The Kier molecular flexibility index (Phi) is 4.95. The first-order chi connectivity index (χ1) is 8.81. The van der Waals surface area contributed by atoms with Gasteiger partial charge < -0.3 is 5.11 Å². The number of benzene rings is 1. The van der Waals surface area contributed by atoms with Crippen LogP contribution >= 0.6 is 11.6 Å². The van der Waals surface area contributed by atoms with Gasteiger partial charge in [-0.3, -0.25) is 0 Å². The third kappa shape index (κ3) is 3.70. The zero-order valence-corrected chi connectivity index (χ0v) is 11.6. The molecule has 0 saturated heterocycles. The van der Waals surface area contributed by atoms with Gasteiger partial charge in [0.1, 0.15) is 4.90 Å². The number of hydrogen-bond donors (Lipinski definition) is 2. The average molecular weight is 302 g/mol. The molecule has 19 heavy (non-hydrogen) atoms. The highest BCUT2D eigenvalue weighted by Crippen LogP contribution is 2.23. The fourth-order valence-electron chi connectivity index (χ4n) is 1.33. The lowest BCUT2D eigenvalue weighted by atomic mass is 10.2. The van der Waals surface area contributed by atoms with Crippen LogP contribution in [0.2, 0.25) is 5.02 Å². The van der Waals surface area contributed by atoms with Gasteiger partial charge in [-0.2, -0.15) is 4.72 Å². The first-order valence-electron chi connectivity index (χ1n) is 5.33. The molecule has 0 radical (unpaired) electrons. The third-order valence-electron chi connectivity index (χ3n) is 2.37. The molecule has 1 atom stereocenters. The molecule has 0 aliphatic carbocycles. The topological polar surface area (TPSA) is 83.5 Å². The van der Waals surface area contributed by atoms with Crippen LogP contribution in [0.1, 0.15) is 23.7 Å². The Morgan fingerprint density at radius 3 is 2.68 bits per heavy atom. The predicted octanol–water partition coefficient (Wildman–Crippen LogP) is 1.73. The molecule has 0 aliphatic rings. The van der Waals surface area contributed by atoms with Crippen LogP contribution in [0, 0.1) is 12.3 Å². The van der Waals surface area contributed by atoms with Gasteiger partial charge in [-0.15, -0.1) is 6.42 Å². The second-order valence-electron chi connectivity index (χ2n) is 3.70. The molecular weight excluding hydrogens is 290 g/mol. The summed E-state index contributed by atoms with van der Waals surface area (Å²) in [5.74, 6) is 1.05. The number of aromatic carboxylic acids is 1.